The second kappa shape index (κ2) is 7.84. The number of aromatic nitrogens is 2. The van der Waals surface area contributed by atoms with Gasteiger partial charge in [0.1, 0.15) is 18.3 Å². The van der Waals surface area contributed by atoms with Crippen LogP contribution in [0.25, 0.3) is 10.9 Å². The van der Waals surface area contributed by atoms with Crippen molar-refractivity contribution in [1.29, 1.82) is 0 Å². The Morgan fingerprint density at radius 1 is 1.36 bits per heavy atom. The number of hydrogen-bond acceptors (Lipinski definition) is 6. The molecule has 2 aromatic heterocycles. The van der Waals surface area contributed by atoms with E-state index in [0.29, 0.717) is 16.8 Å². The van der Waals surface area contributed by atoms with E-state index in [1.165, 1.54) is 11.3 Å². The number of rotatable bonds is 5. The van der Waals surface area contributed by atoms with Crippen LogP contribution in [0.4, 0.5) is 5.13 Å². The van der Waals surface area contributed by atoms with Crippen molar-refractivity contribution >= 4 is 50.9 Å². The lowest BCUT2D eigenvalue weighted by atomic mass is 10.2. The monoisotopic (exact) mass is 416 g/mol. The largest absolute Gasteiger partial charge is 0.497 e. The number of aryl methyl sites for hydroxylation is 1. The van der Waals surface area contributed by atoms with E-state index in [1.54, 1.807) is 30.0 Å². The number of carbonyl (C=O) groups excluding carboxylic acids is 2. The van der Waals surface area contributed by atoms with Gasteiger partial charge in [0, 0.05) is 33.9 Å². The van der Waals surface area contributed by atoms with Crippen LogP contribution in [0, 0.1) is 6.92 Å². The van der Waals surface area contributed by atoms with Crippen LogP contribution in [0.1, 0.15) is 4.88 Å². The molecular formula is C19H20N4O3S2. The van der Waals surface area contributed by atoms with Gasteiger partial charge in [0.05, 0.1) is 13.0 Å². The molecule has 9 heteroatoms. The second-order valence-electron chi connectivity index (χ2n) is 6.51. The Labute approximate surface area is 170 Å². The number of nitrogens with zero attached hydrogens (tertiary/aromatic N) is 3. The van der Waals surface area contributed by atoms with Crippen molar-refractivity contribution in [3.05, 3.63) is 41.5 Å². The summed E-state index contributed by atoms with van der Waals surface area (Å²) >= 11 is 3.01. The number of carbonyl (C=O) groups is 2. The zero-order chi connectivity index (χ0) is 19.7. The predicted octanol–water partition coefficient (Wildman–Crippen LogP) is 2.96. The summed E-state index contributed by atoms with van der Waals surface area (Å²) in [5.74, 6) is 1.62. The lowest BCUT2D eigenvalue weighted by molar-refractivity contribution is -0.136. The van der Waals surface area contributed by atoms with Gasteiger partial charge >= 0.3 is 0 Å². The normalized spacial score (nSPS) is 16.5. The molecule has 7 nitrogen and oxygen atoms in total. The Morgan fingerprint density at radius 3 is 2.96 bits per heavy atom. The number of amides is 2. The molecule has 1 unspecified atom stereocenters. The molecule has 1 atom stereocenters. The van der Waals surface area contributed by atoms with E-state index in [9.17, 15) is 9.59 Å². The highest BCUT2D eigenvalue weighted by Crippen LogP contribution is 2.26. The number of anilines is 1. The van der Waals surface area contributed by atoms with Gasteiger partial charge in [0.25, 0.3) is 0 Å². The fourth-order valence-corrected chi connectivity index (χ4v) is 5.03. The number of thioether (sulfide) groups is 1. The lowest BCUT2D eigenvalue weighted by Gasteiger charge is -2.23. The number of thiazole rings is 1. The van der Waals surface area contributed by atoms with E-state index >= 15 is 0 Å². The first-order valence-electron chi connectivity index (χ1n) is 8.78. The molecule has 4 rings (SSSR count). The molecule has 0 radical (unpaired) electrons. The molecule has 3 heterocycles. The Balaban J connectivity index is 1.47. The lowest BCUT2D eigenvalue weighted by Crippen LogP contribution is -2.45. The molecule has 1 saturated heterocycles. The topological polar surface area (TPSA) is 76.5 Å². The van der Waals surface area contributed by atoms with Crippen molar-refractivity contribution in [1.82, 2.24) is 14.5 Å². The summed E-state index contributed by atoms with van der Waals surface area (Å²) in [5, 5.41) is 4.41. The standard InChI is InChI=1S/C19H20N4O3S2/c1-12-8-20-19(28-12)21-18(25)16-10-27-11-23(16)17(24)9-22-6-5-13-7-14(26-2)3-4-15(13)22/h3-8,16H,9-11H2,1-2H3,(H,20,21,25). The number of ether oxygens (including phenoxy) is 1. The van der Waals surface area contributed by atoms with E-state index in [0.717, 1.165) is 21.5 Å². The van der Waals surface area contributed by atoms with Crippen molar-refractivity contribution in [3.8, 4) is 5.75 Å². The van der Waals surface area contributed by atoms with Gasteiger partial charge in [0.15, 0.2) is 5.13 Å². The number of methoxy groups -OCH3 is 1. The molecule has 2 amide bonds. The Bertz CT molecular complexity index is 1030. The Kier molecular flexibility index (Phi) is 5.27. The molecular weight excluding hydrogens is 396 g/mol. The summed E-state index contributed by atoms with van der Waals surface area (Å²) in [7, 11) is 1.63. The number of nitrogens with one attached hydrogen (secondary N) is 1. The van der Waals surface area contributed by atoms with Gasteiger partial charge in [-0.15, -0.1) is 23.1 Å². The third-order valence-electron chi connectivity index (χ3n) is 4.64. The van der Waals surface area contributed by atoms with E-state index in [-0.39, 0.29) is 18.4 Å². The average Bonchev–Trinajstić information content (AvgIpc) is 3.41. The Morgan fingerprint density at radius 2 is 2.21 bits per heavy atom. The van der Waals surface area contributed by atoms with Crippen LogP contribution < -0.4 is 10.1 Å². The highest BCUT2D eigenvalue weighted by Gasteiger charge is 2.35. The van der Waals surface area contributed by atoms with Crippen LogP contribution in [0.5, 0.6) is 5.75 Å². The summed E-state index contributed by atoms with van der Waals surface area (Å²) in [6.07, 6.45) is 3.61. The molecule has 28 heavy (non-hydrogen) atoms. The van der Waals surface area contributed by atoms with Crippen LogP contribution in [-0.4, -0.2) is 51.0 Å². The van der Waals surface area contributed by atoms with Gasteiger partial charge in [-0.25, -0.2) is 4.98 Å². The predicted molar refractivity (Wildman–Crippen MR) is 112 cm³/mol. The van der Waals surface area contributed by atoms with Crippen LogP contribution in [0.3, 0.4) is 0 Å². The van der Waals surface area contributed by atoms with Crippen molar-refractivity contribution in [2.75, 3.05) is 24.1 Å². The van der Waals surface area contributed by atoms with Crippen LogP contribution in [0.2, 0.25) is 0 Å². The van der Waals surface area contributed by atoms with Gasteiger partial charge < -0.3 is 19.5 Å². The third kappa shape index (κ3) is 3.72. The Hall–Kier alpha value is -2.52. The van der Waals surface area contributed by atoms with Gasteiger partial charge in [-0.2, -0.15) is 0 Å². The van der Waals surface area contributed by atoms with Crippen molar-refractivity contribution in [3.63, 3.8) is 0 Å². The molecule has 0 saturated carbocycles. The van der Waals surface area contributed by atoms with Crippen LogP contribution in [-0.2, 0) is 16.1 Å². The summed E-state index contributed by atoms with van der Waals surface area (Å²) in [6, 6.07) is 7.23. The molecule has 0 bridgehead atoms. The summed E-state index contributed by atoms with van der Waals surface area (Å²) in [4.78, 5) is 32.4. The summed E-state index contributed by atoms with van der Waals surface area (Å²) < 4.78 is 7.15. The van der Waals surface area contributed by atoms with Gasteiger partial charge in [-0.05, 0) is 31.2 Å². The average molecular weight is 417 g/mol. The molecule has 1 N–H and O–H groups in total. The highest BCUT2D eigenvalue weighted by atomic mass is 32.2. The first kappa shape index (κ1) is 18.8. The molecule has 0 aliphatic carbocycles. The number of fused-ring (bicyclic) bond motifs is 1. The molecule has 3 aromatic rings. The molecule has 1 aliphatic rings. The molecule has 0 spiro atoms. The third-order valence-corrected chi connectivity index (χ3v) is 6.48. The first-order chi connectivity index (χ1) is 13.5. The minimum absolute atomic E-state index is 0.0752. The maximum Gasteiger partial charge on any atom is 0.249 e. The van der Waals surface area contributed by atoms with Gasteiger partial charge in [-0.1, -0.05) is 0 Å². The van der Waals surface area contributed by atoms with Gasteiger partial charge in [0.2, 0.25) is 11.8 Å². The van der Waals surface area contributed by atoms with E-state index in [2.05, 4.69) is 10.3 Å². The second-order valence-corrected chi connectivity index (χ2v) is 8.75. The summed E-state index contributed by atoms with van der Waals surface area (Å²) in [6.45, 7) is 2.13. The van der Waals surface area contributed by atoms with Crippen molar-refractivity contribution in [2.45, 2.75) is 19.5 Å². The number of hydrogen-bond donors (Lipinski definition) is 1. The maximum atomic E-state index is 12.9. The smallest absolute Gasteiger partial charge is 0.249 e. The van der Waals surface area contributed by atoms with Crippen molar-refractivity contribution < 1.29 is 14.3 Å². The van der Waals surface area contributed by atoms with Crippen LogP contribution in [0.15, 0.2) is 36.7 Å². The minimum Gasteiger partial charge on any atom is -0.497 e. The fourth-order valence-electron chi connectivity index (χ4n) is 3.19. The van der Waals surface area contributed by atoms with Crippen molar-refractivity contribution in [2.24, 2.45) is 0 Å². The van der Waals surface area contributed by atoms with Gasteiger partial charge in [-0.3, -0.25) is 9.59 Å². The summed E-state index contributed by atoms with van der Waals surface area (Å²) in [5.41, 5.74) is 0.959. The zero-order valence-electron chi connectivity index (χ0n) is 15.5. The van der Waals surface area contributed by atoms with E-state index in [4.69, 9.17) is 4.74 Å². The van der Waals surface area contributed by atoms with E-state index < -0.39 is 6.04 Å². The quantitative estimate of drug-likeness (QED) is 0.692. The first-order valence-corrected chi connectivity index (χ1v) is 10.8. The molecule has 1 aliphatic heterocycles. The zero-order valence-corrected chi connectivity index (χ0v) is 17.2. The fraction of sp³-hybridized carbons (Fsp3) is 0.316. The maximum absolute atomic E-state index is 12.9. The molecule has 146 valence electrons. The minimum atomic E-state index is -0.483. The highest BCUT2D eigenvalue weighted by molar-refractivity contribution is 7.99. The molecule has 1 aromatic carbocycles. The van der Waals surface area contributed by atoms with E-state index in [1.807, 2.05) is 42.0 Å². The molecule has 1 fully saturated rings. The SMILES string of the molecule is COc1ccc2c(ccn2CC(=O)N2CSCC2C(=O)Nc2ncc(C)s2)c1. The van der Waals surface area contributed by atoms with Crippen LogP contribution >= 0.6 is 23.1 Å². The number of benzene rings is 1.